The van der Waals surface area contributed by atoms with Crippen LogP contribution in [0.2, 0.25) is 0 Å². The van der Waals surface area contributed by atoms with Crippen LogP contribution in [0.1, 0.15) is 0 Å². The topological polar surface area (TPSA) is 63.1 Å². The van der Waals surface area contributed by atoms with Crippen LogP contribution >= 0.6 is 11.6 Å². The molecule has 1 rings (SSSR count). The van der Waals surface area contributed by atoms with E-state index < -0.39 is 0 Å². The molecule has 1 aliphatic heterocycles. The minimum atomic E-state index is 0.277. The highest BCUT2D eigenvalue weighted by Crippen LogP contribution is 2.06. The van der Waals surface area contributed by atoms with Crippen LogP contribution in [0.5, 0.6) is 0 Å². The fourth-order valence-corrected chi connectivity index (χ4v) is 0.622. The molecule has 1 aliphatic rings. The predicted molar refractivity (Wildman–Crippen MR) is 42.5 cm³/mol. The Bertz CT molecular complexity index is 250. The van der Waals surface area contributed by atoms with Gasteiger partial charge in [0.2, 0.25) is 0 Å². The molecule has 0 aromatic heterocycles. The quantitative estimate of drug-likeness (QED) is 0.403. The van der Waals surface area contributed by atoms with Crippen molar-refractivity contribution in [2.75, 3.05) is 0 Å². The first-order valence-corrected chi connectivity index (χ1v) is 2.87. The summed E-state index contributed by atoms with van der Waals surface area (Å²) in [6.07, 6.45) is 1.28. The molecule has 1 heterocycles. The third kappa shape index (κ3) is 1.06. The largest absolute Gasteiger partial charge is 0.321 e. The zero-order valence-electron chi connectivity index (χ0n) is 5.08. The maximum Gasteiger partial charge on any atom is 0.182 e. The normalized spacial score (nSPS) is 21.5. The summed E-state index contributed by atoms with van der Waals surface area (Å²) in [5.41, 5.74) is 0.451. The summed E-state index contributed by atoms with van der Waals surface area (Å²) in [7, 11) is 0. The highest BCUT2D eigenvalue weighted by atomic mass is 35.5. The zero-order valence-corrected chi connectivity index (χ0v) is 5.84. The number of amidine groups is 1. The van der Waals surface area contributed by atoms with E-state index in [9.17, 15) is 0 Å². The van der Waals surface area contributed by atoms with E-state index in [0.29, 0.717) is 11.4 Å². The van der Waals surface area contributed by atoms with E-state index in [1.54, 1.807) is 0 Å². The Hall–Kier alpha value is -1.16. The van der Waals surface area contributed by atoms with Crippen molar-refractivity contribution in [1.29, 1.82) is 0 Å². The third-order valence-corrected chi connectivity index (χ3v) is 1.32. The van der Waals surface area contributed by atoms with Gasteiger partial charge in [-0.25, -0.2) is 9.98 Å². The summed E-state index contributed by atoms with van der Waals surface area (Å²) >= 11 is 5.56. The summed E-state index contributed by atoms with van der Waals surface area (Å²) in [6.45, 7) is 3.56. The van der Waals surface area contributed by atoms with Gasteiger partial charge in [-0.15, -0.1) is 0 Å². The monoisotopic (exact) mass is 156 g/mol. The maximum atomic E-state index is 5.56. The molecule has 0 atom stereocenters. The van der Waals surface area contributed by atoms with Crippen LogP contribution < -0.4 is 5.84 Å². The fourth-order valence-electron chi connectivity index (χ4n) is 0.494. The van der Waals surface area contributed by atoms with Crippen molar-refractivity contribution in [2.24, 2.45) is 20.9 Å². The summed E-state index contributed by atoms with van der Waals surface area (Å²) in [5.74, 6) is 5.28. The number of rotatable bonds is 0. The van der Waals surface area contributed by atoms with E-state index in [1.165, 1.54) is 6.34 Å². The van der Waals surface area contributed by atoms with Crippen LogP contribution in [0.25, 0.3) is 0 Å². The Balaban J connectivity index is 3.00. The molecule has 52 valence electrons. The van der Waals surface area contributed by atoms with E-state index in [4.69, 9.17) is 17.4 Å². The molecular weight excluding hydrogens is 152 g/mol. The van der Waals surface area contributed by atoms with Gasteiger partial charge in [0, 0.05) is 0 Å². The fraction of sp³-hybridized carbons (Fsp3) is 0. The van der Waals surface area contributed by atoms with Crippen LogP contribution in [-0.2, 0) is 0 Å². The summed E-state index contributed by atoms with van der Waals surface area (Å²) < 4.78 is 0. The van der Waals surface area contributed by atoms with Crippen LogP contribution in [0.3, 0.4) is 0 Å². The van der Waals surface area contributed by atoms with Crippen molar-refractivity contribution in [3.05, 3.63) is 12.2 Å². The molecule has 0 bridgehead atoms. The highest BCUT2D eigenvalue weighted by Gasteiger charge is 2.10. The van der Waals surface area contributed by atoms with E-state index in [2.05, 4.69) is 21.7 Å². The van der Waals surface area contributed by atoms with E-state index in [0.717, 1.165) is 0 Å². The third-order valence-electron chi connectivity index (χ3n) is 0.992. The summed E-state index contributed by atoms with van der Waals surface area (Å²) in [4.78, 5) is 7.37. The number of hydrogen-bond acceptors (Lipinski definition) is 3. The van der Waals surface area contributed by atoms with Gasteiger partial charge in [0.1, 0.15) is 11.5 Å². The van der Waals surface area contributed by atoms with Gasteiger partial charge in [0.15, 0.2) is 5.84 Å². The minimum Gasteiger partial charge on any atom is -0.321 e. The SMILES string of the molecule is C=C1C(Cl)=NC=N/C1=N\N. The van der Waals surface area contributed by atoms with Crippen molar-refractivity contribution < 1.29 is 0 Å². The van der Waals surface area contributed by atoms with Gasteiger partial charge in [-0.2, -0.15) is 5.10 Å². The molecule has 2 N–H and O–H groups in total. The molecule has 10 heavy (non-hydrogen) atoms. The molecule has 4 nitrogen and oxygen atoms in total. The van der Waals surface area contributed by atoms with Crippen molar-refractivity contribution in [3.8, 4) is 0 Å². The predicted octanol–water partition coefficient (Wildman–Crippen LogP) is 0.494. The van der Waals surface area contributed by atoms with Gasteiger partial charge in [0.05, 0.1) is 5.57 Å². The number of hydrazone groups is 1. The molecule has 0 saturated heterocycles. The lowest BCUT2D eigenvalue weighted by Crippen LogP contribution is -2.11. The van der Waals surface area contributed by atoms with E-state index >= 15 is 0 Å². The number of nitrogens with two attached hydrogens (primary N) is 1. The standard InChI is InChI=1S/C5H5ClN4/c1-3-4(6)8-2-9-5(3)10-7/h2H,1,7H2/b10-5-. The van der Waals surface area contributed by atoms with E-state index in [-0.39, 0.29) is 5.17 Å². The Morgan fingerprint density at radius 3 is 2.90 bits per heavy atom. The second-order valence-corrected chi connectivity index (χ2v) is 1.95. The van der Waals surface area contributed by atoms with Crippen molar-refractivity contribution in [2.45, 2.75) is 0 Å². The average molecular weight is 157 g/mol. The van der Waals surface area contributed by atoms with Crippen LogP contribution in [0, 0.1) is 0 Å². The number of halogens is 1. The van der Waals surface area contributed by atoms with Gasteiger partial charge in [-0.3, -0.25) is 0 Å². The molecule has 0 unspecified atom stereocenters. The maximum absolute atomic E-state index is 5.56. The highest BCUT2D eigenvalue weighted by molar-refractivity contribution is 6.73. The first kappa shape index (κ1) is 6.95. The molecule has 0 saturated carbocycles. The van der Waals surface area contributed by atoms with Gasteiger partial charge < -0.3 is 5.84 Å². The Morgan fingerprint density at radius 1 is 1.70 bits per heavy atom. The number of nitrogens with zero attached hydrogens (tertiary/aromatic N) is 3. The Labute approximate surface area is 62.8 Å². The lowest BCUT2D eigenvalue weighted by atomic mass is 10.3. The van der Waals surface area contributed by atoms with E-state index in [1.807, 2.05) is 0 Å². The average Bonchev–Trinajstić information content (AvgIpc) is 1.95. The number of hydrogen-bond donors (Lipinski definition) is 1. The van der Waals surface area contributed by atoms with Gasteiger partial charge in [-0.05, 0) is 0 Å². The minimum absolute atomic E-state index is 0.277. The van der Waals surface area contributed by atoms with Crippen molar-refractivity contribution in [3.63, 3.8) is 0 Å². The molecule has 0 fully saturated rings. The lowest BCUT2D eigenvalue weighted by molar-refractivity contribution is 1.23. The molecular formula is C5H5ClN4. The molecule has 5 heteroatoms. The second-order valence-electron chi connectivity index (χ2n) is 1.60. The molecule has 0 aromatic carbocycles. The van der Waals surface area contributed by atoms with Gasteiger partial charge >= 0.3 is 0 Å². The molecule has 0 aliphatic carbocycles. The van der Waals surface area contributed by atoms with Crippen LogP contribution in [0.15, 0.2) is 27.2 Å². The Kier molecular flexibility index (Phi) is 1.82. The second kappa shape index (κ2) is 2.62. The molecule has 0 radical (unpaired) electrons. The molecule has 0 spiro atoms. The van der Waals surface area contributed by atoms with Gasteiger partial charge in [0.25, 0.3) is 0 Å². The van der Waals surface area contributed by atoms with Crippen LogP contribution in [-0.4, -0.2) is 17.3 Å². The van der Waals surface area contributed by atoms with Crippen LogP contribution in [0.4, 0.5) is 0 Å². The zero-order chi connectivity index (χ0) is 7.56. The lowest BCUT2D eigenvalue weighted by Gasteiger charge is -2.03. The first-order chi connectivity index (χ1) is 4.75. The number of aliphatic imine (C=N–C) groups is 2. The summed E-state index contributed by atoms with van der Waals surface area (Å²) in [6, 6.07) is 0. The Morgan fingerprint density at radius 2 is 2.40 bits per heavy atom. The molecule has 0 amide bonds. The smallest absolute Gasteiger partial charge is 0.182 e. The van der Waals surface area contributed by atoms with Crippen molar-refractivity contribution >= 4 is 28.9 Å². The van der Waals surface area contributed by atoms with Gasteiger partial charge in [-0.1, -0.05) is 18.2 Å². The first-order valence-electron chi connectivity index (χ1n) is 2.49. The van der Waals surface area contributed by atoms with Crippen molar-refractivity contribution in [1.82, 2.24) is 0 Å². The molecule has 0 aromatic rings. The summed E-state index contributed by atoms with van der Waals surface area (Å²) in [5, 5.41) is 3.61.